The van der Waals surface area contributed by atoms with Gasteiger partial charge in [0.1, 0.15) is 0 Å². The van der Waals surface area contributed by atoms with E-state index in [2.05, 4.69) is 15.5 Å². The average molecular weight is 286 g/mol. The highest BCUT2D eigenvalue weighted by atomic mass is 16.5. The Morgan fingerprint density at radius 3 is 2.71 bits per heavy atom. The number of pyridine rings is 1. The smallest absolute Gasteiger partial charge is 0.273 e. The lowest BCUT2D eigenvalue weighted by Gasteiger charge is -2.28. The van der Waals surface area contributed by atoms with Crippen molar-refractivity contribution in [3.63, 3.8) is 0 Å². The fourth-order valence-corrected chi connectivity index (χ4v) is 2.77. The van der Waals surface area contributed by atoms with Gasteiger partial charge in [0.2, 0.25) is 0 Å². The average Bonchev–Trinajstić information content (AvgIpc) is 3.18. The number of rotatable bonds is 4. The third-order valence-corrected chi connectivity index (χ3v) is 4.04. The molecule has 1 fully saturated rings. The highest BCUT2D eigenvalue weighted by molar-refractivity contribution is 5.93. The van der Waals surface area contributed by atoms with E-state index in [1.165, 1.54) is 0 Å². The van der Waals surface area contributed by atoms with E-state index in [9.17, 15) is 4.79 Å². The molecule has 2 aromatic rings. The Kier molecular flexibility index (Phi) is 3.70. The minimum Gasteiger partial charge on any atom is -0.355 e. The molecule has 0 saturated heterocycles. The van der Waals surface area contributed by atoms with Crippen LogP contribution in [0.4, 0.5) is 0 Å². The third-order valence-electron chi connectivity index (χ3n) is 4.04. The number of nitrogens with two attached hydrogens (primary N) is 1. The summed E-state index contributed by atoms with van der Waals surface area (Å²) >= 11 is 0. The van der Waals surface area contributed by atoms with E-state index in [4.69, 9.17) is 10.3 Å². The van der Waals surface area contributed by atoms with Crippen LogP contribution in [0.15, 0.2) is 35.1 Å². The summed E-state index contributed by atoms with van der Waals surface area (Å²) in [6.07, 6.45) is 7.37. The zero-order chi connectivity index (χ0) is 14.7. The Morgan fingerprint density at radius 2 is 2.05 bits per heavy atom. The van der Waals surface area contributed by atoms with Crippen LogP contribution in [0.25, 0.3) is 11.3 Å². The van der Waals surface area contributed by atoms with E-state index >= 15 is 0 Å². The van der Waals surface area contributed by atoms with Crippen LogP contribution in [0.5, 0.6) is 0 Å². The zero-order valence-corrected chi connectivity index (χ0v) is 11.7. The van der Waals surface area contributed by atoms with Gasteiger partial charge in [-0.3, -0.25) is 9.78 Å². The van der Waals surface area contributed by atoms with Crippen LogP contribution in [-0.4, -0.2) is 28.1 Å². The fraction of sp³-hybridized carbons (Fsp3) is 0.400. The number of amides is 1. The maximum absolute atomic E-state index is 12.3. The summed E-state index contributed by atoms with van der Waals surface area (Å²) in [5.74, 6) is 0.321. The van der Waals surface area contributed by atoms with Gasteiger partial charge in [0.15, 0.2) is 11.5 Å². The first-order chi connectivity index (χ1) is 10.2. The molecule has 0 spiro atoms. The number of carbonyl (C=O) groups excluding carboxylic acids is 1. The molecule has 3 rings (SSSR count). The summed E-state index contributed by atoms with van der Waals surface area (Å²) in [5.41, 5.74) is 6.66. The Balaban J connectivity index is 1.75. The van der Waals surface area contributed by atoms with Crippen LogP contribution in [0.2, 0.25) is 0 Å². The van der Waals surface area contributed by atoms with E-state index in [0.29, 0.717) is 12.3 Å². The van der Waals surface area contributed by atoms with Gasteiger partial charge in [0.05, 0.1) is 5.54 Å². The van der Waals surface area contributed by atoms with Gasteiger partial charge in [-0.05, 0) is 25.0 Å². The molecule has 6 heteroatoms. The number of nitrogens with one attached hydrogen (secondary N) is 1. The molecule has 0 unspecified atom stereocenters. The van der Waals surface area contributed by atoms with Gasteiger partial charge in [-0.15, -0.1) is 0 Å². The topological polar surface area (TPSA) is 94.0 Å². The highest BCUT2D eigenvalue weighted by Gasteiger charge is 2.34. The lowest BCUT2D eigenvalue weighted by Crippen LogP contribution is -2.51. The van der Waals surface area contributed by atoms with Gasteiger partial charge in [0, 0.05) is 30.6 Å². The predicted octanol–water partition coefficient (Wildman–Crippen LogP) is 1.74. The molecule has 0 atom stereocenters. The van der Waals surface area contributed by atoms with Gasteiger partial charge in [-0.25, -0.2) is 0 Å². The fourth-order valence-electron chi connectivity index (χ4n) is 2.77. The van der Waals surface area contributed by atoms with Crippen LogP contribution >= 0.6 is 0 Å². The van der Waals surface area contributed by atoms with Crippen molar-refractivity contribution in [1.82, 2.24) is 15.5 Å². The number of nitrogens with zero attached hydrogens (tertiary/aromatic N) is 2. The standard InChI is InChI=1S/C15H18N4O2/c16-10-15(5-1-2-6-15)18-14(20)12-9-13(21-19-12)11-3-7-17-8-4-11/h3-4,7-9H,1-2,5-6,10,16H2,(H,18,20). The first kappa shape index (κ1) is 13.8. The van der Waals surface area contributed by atoms with E-state index in [1.807, 2.05) is 0 Å². The second-order valence-corrected chi connectivity index (χ2v) is 5.46. The lowest BCUT2D eigenvalue weighted by atomic mass is 9.97. The molecule has 1 aliphatic carbocycles. The second-order valence-electron chi connectivity index (χ2n) is 5.46. The molecule has 1 aliphatic rings. The van der Waals surface area contributed by atoms with Crippen molar-refractivity contribution in [3.05, 3.63) is 36.3 Å². The van der Waals surface area contributed by atoms with E-state index in [0.717, 1.165) is 31.2 Å². The molecule has 1 saturated carbocycles. The Hall–Kier alpha value is -2.21. The van der Waals surface area contributed by atoms with Crippen molar-refractivity contribution in [1.29, 1.82) is 0 Å². The van der Waals surface area contributed by atoms with Crippen molar-refractivity contribution in [2.24, 2.45) is 5.73 Å². The minimum absolute atomic E-state index is 0.230. The van der Waals surface area contributed by atoms with E-state index in [-0.39, 0.29) is 17.1 Å². The lowest BCUT2D eigenvalue weighted by molar-refractivity contribution is 0.0894. The van der Waals surface area contributed by atoms with Crippen molar-refractivity contribution in [2.75, 3.05) is 6.54 Å². The summed E-state index contributed by atoms with van der Waals surface area (Å²) < 4.78 is 5.23. The molecule has 110 valence electrons. The summed E-state index contributed by atoms with van der Waals surface area (Å²) in [7, 11) is 0. The Labute approximate surface area is 122 Å². The van der Waals surface area contributed by atoms with E-state index in [1.54, 1.807) is 30.6 Å². The number of hydrogen-bond donors (Lipinski definition) is 2. The maximum Gasteiger partial charge on any atom is 0.273 e. The molecule has 0 aliphatic heterocycles. The normalized spacial score (nSPS) is 16.8. The molecule has 6 nitrogen and oxygen atoms in total. The zero-order valence-electron chi connectivity index (χ0n) is 11.7. The molecule has 0 aromatic carbocycles. The number of aromatic nitrogens is 2. The van der Waals surface area contributed by atoms with Gasteiger partial charge in [-0.1, -0.05) is 18.0 Å². The van der Waals surface area contributed by atoms with Crippen LogP contribution in [-0.2, 0) is 0 Å². The first-order valence-electron chi connectivity index (χ1n) is 7.12. The number of carbonyl (C=O) groups is 1. The monoisotopic (exact) mass is 286 g/mol. The van der Waals surface area contributed by atoms with Crippen molar-refractivity contribution < 1.29 is 9.32 Å². The van der Waals surface area contributed by atoms with Crippen molar-refractivity contribution in [3.8, 4) is 11.3 Å². The summed E-state index contributed by atoms with van der Waals surface area (Å²) in [6.45, 7) is 0.452. The van der Waals surface area contributed by atoms with Crippen molar-refractivity contribution in [2.45, 2.75) is 31.2 Å². The molecule has 0 radical (unpaired) electrons. The van der Waals surface area contributed by atoms with Crippen LogP contribution < -0.4 is 11.1 Å². The molecule has 2 aromatic heterocycles. The summed E-state index contributed by atoms with van der Waals surface area (Å²) in [5, 5.41) is 6.88. The van der Waals surface area contributed by atoms with Crippen molar-refractivity contribution >= 4 is 5.91 Å². The van der Waals surface area contributed by atoms with Gasteiger partial charge < -0.3 is 15.6 Å². The second kappa shape index (κ2) is 5.65. The Morgan fingerprint density at radius 1 is 1.33 bits per heavy atom. The van der Waals surface area contributed by atoms with Gasteiger partial charge >= 0.3 is 0 Å². The summed E-state index contributed by atoms with van der Waals surface area (Å²) in [4.78, 5) is 16.3. The predicted molar refractivity (Wildman–Crippen MR) is 77.5 cm³/mol. The number of hydrogen-bond acceptors (Lipinski definition) is 5. The van der Waals surface area contributed by atoms with Gasteiger partial charge in [-0.2, -0.15) is 0 Å². The largest absolute Gasteiger partial charge is 0.355 e. The summed E-state index contributed by atoms with van der Waals surface area (Å²) in [6, 6.07) is 5.25. The molecule has 2 heterocycles. The maximum atomic E-state index is 12.3. The van der Waals surface area contributed by atoms with Gasteiger partial charge in [0.25, 0.3) is 5.91 Å². The molecule has 3 N–H and O–H groups in total. The molecule has 1 amide bonds. The van der Waals surface area contributed by atoms with Crippen LogP contribution in [0.3, 0.4) is 0 Å². The quantitative estimate of drug-likeness (QED) is 0.892. The molecule has 21 heavy (non-hydrogen) atoms. The highest BCUT2D eigenvalue weighted by Crippen LogP contribution is 2.29. The molecular formula is C15H18N4O2. The van der Waals surface area contributed by atoms with E-state index < -0.39 is 0 Å². The first-order valence-corrected chi connectivity index (χ1v) is 7.12. The minimum atomic E-state index is -0.285. The van der Waals surface area contributed by atoms with Crippen LogP contribution in [0.1, 0.15) is 36.2 Å². The molecule has 0 bridgehead atoms. The third kappa shape index (κ3) is 2.80. The Bertz CT molecular complexity index is 618. The SMILES string of the molecule is NCC1(NC(=O)c2cc(-c3ccncc3)on2)CCCC1. The van der Waals surface area contributed by atoms with Crippen LogP contribution in [0, 0.1) is 0 Å². The molecular weight excluding hydrogens is 268 g/mol.